The van der Waals surface area contributed by atoms with Crippen molar-refractivity contribution in [3.05, 3.63) is 63.1 Å². The van der Waals surface area contributed by atoms with Gasteiger partial charge in [-0.2, -0.15) is 0 Å². The fraction of sp³-hybridized carbons (Fsp3) is 0.481. The molecule has 0 saturated carbocycles. The van der Waals surface area contributed by atoms with E-state index in [1.54, 1.807) is 31.2 Å². The highest BCUT2D eigenvalue weighted by molar-refractivity contribution is 7.92. The summed E-state index contributed by atoms with van der Waals surface area (Å²) in [4.78, 5) is 27.8. The summed E-state index contributed by atoms with van der Waals surface area (Å²) in [6.07, 6.45) is 2.26. The minimum absolute atomic E-state index is 0.0353. The number of sulfonamides is 1. The average molecular weight is 571 g/mol. The van der Waals surface area contributed by atoms with Gasteiger partial charge in [0, 0.05) is 35.6 Å². The van der Waals surface area contributed by atoms with Crippen LogP contribution in [0, 0.1) is 13.8 Å². The number of halogens is 2. The molecule has 0 aromatic heterocycles. The van der Waals surface area contributed by atoms with Crippen LogP contribution in [0.1, 0.15) is 56.7 Å². The highest BCUT2D eigenvalue weighted by Gasteiger charge is 2.28. The van der Waals surface area contributed by atoms with E-state index in [4.69, 9.17) is 23.2 Å². The second-order valence-electron chi connectivity index (χ2n) is 9.41. The average Bonchev–Trinajstić information content (AvgIpc) is 2.82. The smallest absolute Gasteiger partial charge is 0.242 e. The second-order valence-corrected chi connectivity index (χ2v) is 12.2. The summed E-state index contributed by atoms with van der Waals surface area (Å²) in [5.74, 6) is -0.534. The second kappa shape index (κ2) is 13.5. The summed E-state index contributed by atoms with van der Waals surface area (Å²) >= 11 is 12.4. The van der Waals surface area contributed by atoms with E-state index in [1.807, 2.05) is 39.8 Å². The van der Waals surface area contributed by atoms with E-state index in [9.17, 15) is 18.0 Å². The van der Waals surface area contributed by atoms with Gasteiger partial charge in [0.15, 0.2) is 0 Å². The van der Waals surface area contributed by atoms with Crippen molar-refractivity contribution in [2.75, 3.05) is 17.1 Å². The predicted octanol–water partition coefficient (Wildman–Crippen LogP) is 5.49. The van der Waals surface area contributed by atoms with Crippen molar-refractivity contribution >= 4 is 50.7 Å². The quantitative estimate of drug-likeness (QED) is 0.366. The molecular formula is C27H37Cl2N3O4S. The Morgan fingerprint density at radius 2 is 1.76 bits per heavy atom. The van der Waals surface area contributed by atoms with Crippen molar-refractivity contribution in [3.63, 3.8) is 0 Å². The van der Waals surface area contributed by atoms with Crippen LogP contribution in [0.15, 0.2) is 36.4 Å². The van der Waals surface area contributed by atoms with E-state index in [1.165, 1.54) is 9.21 Å². The topological polar surface area (TPSA) is 86.8 Å². The molecule has 1 N–H and O–H groups in total. The molecule has 2 amide bonds. The van der Waals surface area contributed by atoms with Gasteiger partial charge in [-0.15, -0.1) is 0 Å². The Morgan fingerprint density at radius 3 is 2.35 bits per heavy atom. The van der Waals surface area contributed by atoms with E-state index in [0.717, 1.165) is 23.8 Å². The lowest BCUT2D eigenvalue weighted by atomic mass is 10.1. The molecule has 0 heterocycles. The minimum atomic E-state index is -3.57. The molecule has 0 aliphatic heterocycles. The highest BCUT2D eigenvalue weighted by Crippen LogP contribution is 2.26. The molecule has 2 aromatic rings. The van der Waals surface area contributed by atoms with Crippen molar-refractivity contribution in [2.45, 2.75) is 72.5 Å². The molecule has 0 bridgehead atoms. The van der Waals surface area contributed by atoms with Gasteiger partial charge >= 0.3 is 0 Å². The first-order valence-electron chi connectivity index (χ1n) is 12.3. The molecule has 0 spiro atoms. The molecule has 7 nitrogen and oxygen atoms in total. The number of amides is 2. The summed E-state index contributed by atoms with van der Waals surface area (Å²) in [7, 11) is -3.57. The van der Waals surface area contributed by atoms with E-state index < -0.39 is 16.1 Å². The first-order chi connectivity index (χ1) is 17.3. The third-order valence-corrected chi connectivity index (χ3v) is 8.29. The van der Waals surface area contributed by atoms with Crippen molar-refractivity contribution in [3.8, 4) is 0 Å². The molecule has 2 aromatic carbocycles. The SMILES string of the molecule is CC[C@@H](C)NC(=O)[C@H](C)N(Cc1ccc(Cl)cc1Cl)C(=O)CCCN(c1cccc(C)c1C)S(C)(=O)=O. The zero-order chi connectivity index (χ0) is 27.9. The van der Waals surface area contributed by atoms with Crippen LogP contribution in [0.2, 0.25) is 10.0 Å². The number of rotatable bonds is 12. The van der Waals surface area contributed by atoms with Crippen LogP contribution in [0.5, 0.6) is 0 Å². The molecule has 2 rings (SSSR count). The van der Waals surface area contributed by atoms with Crippen molar-refractivity contribution in [1.82, 2.24) is 10.2 Å². The number of carbonyl (C=O) groups excluding carboxylic acids is 2. The molecule has 0 saturated heterocycles. The number of benzene rings is 2. The van der Waals surface area contributed by atoms with Crippen LogP contribution < -0.4 is 9.62 Å². The number of carbonyl (C=O) groups is 2. The lowest BCUT2D eigenvalue weighted by molar-refractivity contribution is -0.140. The fourth-order valence-corrected chi connectivity index (χ4v) is 5.35. The van der Waals surface area contributed by atoms with Gasteiger partial charge in [0.2, 0.25) is 21.8 Å². The van der Waals surface area contributed by atoms with Crippen LogP contribution in [-0.4, -0.2) is 50.0 Å². The van der Waals surface area contributed by atoms with Crippen LogP contribution in [0.4, 0.5) is 5.69 Å². The van der Waals surface area contributed by atoms with Crippen LogP contribution in [0.3, 0.4) is 0 Å². The lowest BCUT2D eigenvalue weighted by Crippen LogP contribution is -2.49. The summed E-state index contributed by atoms with van der Waals surface area (Å²) < 4.78 is 26.5. The first kappa shape index (κ1) is 30.9. The standard InChI is InChI=1S/C27H37Cl2N3O4S/c1-7-19(3)30-27(34)21(5)31(17-22-13-14-23(28)16-24(22)29)26(33)12-9-15-32(37(6,35)36)25-11-8-10-18(2)20(25)4/h8,10-11,13-14,16,19,21H,7,9,12,15,17H2,1-6H3,(H,30,34)/t19-,21+/m1/s1. The van der Waals surface area contributed by atoms with Gasteiger partial charge in [0.05, 0.1) is 11.9 Å². The van der Waals surface area contributed by atoms with Crippen LogP contribution >= 0.6 is 23.2 Å². The maximum atomic E-state index is 13.4. The predicted molar refractivity (Wildman–Crippen MR) is 152 cm³/mol. The summed E-state index contributed by atoms with van der Waals surface area (Å²) in [5.41, 5.74) is 3.11. The Morgan fingerprint density at radius 1 is 1.08 bits per heavy atom. The third kappa shape index (κ3) is 8.62. The lowest BCUT2D eigenvalue weighted by Gasteiger charge is -2.30. The maximum Gasteiger partial charge on any atom is 0.242 e. The van der Waals surface area contributed by atoms with Gasteiger partial charge in [0.1, 0.15) is 6.04 Å². The van der Waals surface area contributed by atoms with Gasteiger partial charge in [-0.25, -0.2) is 8.42 Å². The molecule has 37 heavy (non-hydrogen) atoms. The Balaban J connectivity index is 2.25. The normalized spacial score (nSPS) is 13.1. The van der Waals surface area contributed by atoms with Gasteiger partial charge in [0.25, 0.3) is 0 Å². The number of aryl methyl sites for hydroxylation is 1. The molecule has 0 fully saturated rings. The van der Waals surface area contributed by atoms with Crippen molar-refractivity contribution < 1.29 is 18.0 Å². The number of nitrogens with zero attached hydrogens (tertiary/aromatic N) is 2. The van der Waals surface area contributed by atoms with E-state index in [2.05, 4.69) is 5.32 Å². The monoisotopic (exact) mass is 569 g/mol. The van der Waals surface area contributed by atoms with Gasteiger partial charge in [-0.3, -0.25) is 13.9 Å². The summed E-state index contributed by atoms with van der Waals surface area (Å²) in [5, 5.41) is 3.80. The zero-order valence-corrected chi connectivity index (χ0v) is 24.7. The van der Waals surface area contributed by atoms with Gasteiger partial charge < -0.3 is 10.2 Å². The molecule has 2 atom stereocenters. The molecule has 204 valence electrons. The summed E-state index contributed by atoms with van der Waals surface area (Å²) in [6.45, 7) is 9.61. The fourth-order valence-electron chi connectivity index (χ4n) is 3.87. The van der Waals surface area contributed by atoms with E-state index in [0.29, 0.717) is 21.3 Å². The zero-order valence-electron chi connectivity index (χ0n) is 22.3. The minimum Gasteiger partial charge on any atom is -0.352 e. The van der Waals surface area contributed by atoms with Gasteiger partial charge in [-0.1, -0.05) is 48.3 Å². The Bertz CT molecular complexity index is 1220. The Hall–Kier alpha value is -2.29. The third-order valence-electron chi connectivity index (χ3n) is 6.52. The molecular weight excluding hydrogens is 533 g/mol. The number of hydrogen-bond donors (Lipinski definition) is 1. The number of nitrogens with one attached hydrogen (secondary N) is 1. The van der Waals surface area contributed by atoms with Gasteiger partial charge in [-0.05, 0) is 75.4 Å². The molecule has 10 heteroatoms. The molecule has 0 radical (unpaired) electrons. The summed E-state index contributed by atoms with van der Waals surface area (Å²) in [6, 6.07) is 9.73. The molecule has 0 aliphatic carbocycles. The number of anilines is 1. The molecule has 0 aliphatic rings. The maximum absolute atomic E-state index is 13.4. The Labute approximate surface area is 231 Å². The number of hydrogen-bond acceptors (Lipinski definition) is 4. The highest BCUT2D eigenvalue weighted by atomic mass is 35.5. The largest absolute Gasteiger partial charge is 0.352 e. The van der Waals surface area contributed by atoms with Crippen LogP contribution in [-0.2, 0) is 26.2 Å². The first-order valence-corrected chi connectivity index (χ1v) is 14.9. The van der Waals surface area contributed by atoms with Crippen molar-refractivity contribution in [1.29, 1.82) is 0 Å². The Kier molecular flexibility index (Phi) is 11.3. The van der Waals surface area contributed by atoms with Crippen molar-refractivity contribution in [2.24, 2.45) is 0 Å². The van der Waals surface area contributed by atoms with E-state index >= 15 is 0 Å². The van der Waals surface area contributed by atoms with E-state index in [-0.39, 0.29) is 43.8 Å². The van der Waals surface area contributed by atoms with Crippen LogP contribution in [0.25, 0.3) is 0 Å². The molecule has 0 unspecified atom stereocenters.